The lowest BCUT2D eigenvalue weighted by Crippen LogP contribution is -2.35. The first-order valence-corrected chi connectivity index (χ1v) is 49.1. The fraction of sp³-hybridized carbons (Fsp3) is 0.278. The molecule has 0 aliphatic carbocycles. The highest BCUT2D eigenvalue weighted by Crippen LogP contribution is 2.31. The summed E-state index contributed by atoms with van der Waals surface area (Å²) in [6.07, 6.45) is 13.7. The third kappa shape index (κ3) is 26.2. The molecule has 0 saturated carbocycles. The van der Waals surface area contributed by atoms with E-state index in [9.17, 15) is 79.2 Å². The van der Waals surface area contributed by atoms with Gasteiger partial charge in [0.05, 0.1) is 40.9 Å². The van der Waals surface area contributed by atoms with E-state index >= 15 is 0 Å². The number of nitrogens with zero attached hydrogens (tertiary/aromatic N) is 5. The number of carbonyl (C=O) groups is 5. The summed E-state index contributed by atoms with van der Waals surface area (Å²) in [6, 6.07) is 58.9. The summed E-state index contributed by atoms with van der Waals surface area (Å²) < 4.78 is 175. The minimum absolute atomic E-state index is 0.0526. The van der Waals surface area contributed by atoms with Gasteiger partial charge < -0.3 is 26.6 Å². The minimum Gasteiger partial charge on any atom is -0.322 e. The van der Waals surface area contributed by atoms with Crippen LogP contribution < -0.4 is 26.6 Å². The smallest absolute Gasteiger partial charge is 0.255 e. The summed E-state index contributed by atoms with van der Waals surface area (Å²) in [7, 11) is -18.0. The number of rotatable bonds is 20. The average Bonchev–Trinajstić information content (AvgIpc) is 0.823. The maximum atomic E-state index is 13.9. The lowest BCUT2D eigenvalue weighted by molar-refractivity contribution is 0.101. The Hall–Kier alpha value is -10.2. The van der Waals surface area contributed by atoms with Crippen LogP contribution in [-0.2, 0) is 50.1 Å². The summed E-state index contributed by atoms with van der Waals surface area (Å²) >= 11 is 17.4. The third-order valence-electron chi connectivity index (χ3n) is 20.8. The molecule has 0 bridgehead atoms. The number of amides is 5. The molecule has 15 rings (SSSR count). The van der Waals surface area contributed by atoms with Crippen LogP contribution in [0.1, 0.15) is 148 Å². The van der Waals surface area contributed by atoms with Gasteiger partial charge in [0.25, 0.3) is 29.5 Å². The Kier molecular flexibility index (Phi) is 34.4. The molecule has 36 heteroatoms. The van der Waals surface area contributed by atoms with E-state index in [1.807, 2.05) is 0 Å². The number of halogens is 6. The Morgan fingerprint density at radius 3 is 0.857 bits per heavy atom. The molecule has 5 fully saturated rings. The third-order valence-corrected chi connectivity index (χ3v) is 31.1. The van der Waals surface area contributed by atoms with Crippen molar-refractivity contribution >= 4 is 143 Å². The van der Waals surface area contributed by atoms with Crippen LogP contribution in [0, 0.1) is 17.5 Å². The first-order valence-electron chi connectivity index (χ1n) is 40.8. The number of benzene rings is 10. The second-order valence-electron chi connectivity index (χ2n) is 29.8. The van der Waals surface area contributed by atoms with Gasteiger partial charge in [-0.1, -0.05) is 128 Å². The van der Waals surface area contributed by atoms with Gasteiger partial charge in [-0.2, -0.15) is 21.5 Å². The molecule has 25 nitrogen and oxygen atoms in total. The highest BCUT2D eigenvalue weighted by molar-refractivity contribution is 7.90. The van der Waals surface area contributed by atoms with Crippen molar-refractivity contribution in [3.05, 3.63) is 297 Å². The number of sulfonamides is 5. The molecule has 5 aliphatic heterocycles. The molecule has 0 atom stereocenters. The SMILES string of the molecule is O=C(Nc1ccc(Cl)cc1)c1cccc(S(=O)(=O)N2CCCCC2)c1.O=C(Nc1cccc(Cl)c1)c1cccc(S(=O)(=O)N2CCCCC2)c1.O=C(Nc1cccc(Cl)c1F)c1cccc(S(=O)(=O)N2CCCCC2)c1.O=C(Nc1cccc(F)c1)c1cccc(S(=O)(=O)N2CCCCC2)c1.O=C(Nc1ccccc1F)c1cccc(S(=O)(=O)N2CCCCC2)c1. The van der Waals surface area contributed by atoms with Gasteiger partial charge in [-0.15, -0.1) is 0 Å². The Morgan fingerprint density at radius 2 is 0.532 bits per heavy atom. The Balaban J connectivity index is 0.000000153. The van der Waals surface area contributed by atoms with Gasteiger partial charge >= 0.3 is 0 Å². The molecule has 0 radical (unpaired) electrons. The quantitative estimate of drug-likeness (QED) is 0.0473. The van der Waals surface area contributed by atoms with Gasteiger partial charge in [-0.3, -0.25) is 24.0 Å². The van der Waals surface area contributed by atoms with Crippen molar-refractivity contribution < 1.29 is 79.2 Å². The molecule has 0 spiro atoms. The van der Waals surface area contributed by atoms with Crippen LogP contribution in [0.3, 0.4) is 0 Å². The molecular formula is C90H94Cl3F3N10O15S5. The van der Waals surface area contributed by atoms with E-state index in [1.54, 1.807) is 84.9 Å². The summed E-state index contributed by atoms with van der Waals surface area (Å²) in [5, 5.41) is 13.9. The van der Waals surface area contributed by atoms with Gasteiger partial charge in [0, 0.05) is 120 Å². The monoisotopic (exact) mass is 1880 g/mol. The van der Waals surface area contributed by atoms with E-state index in [4.69, 9.17) is 34.8 Å². The standard InChI is InChI=1S/C18H18ClFN2O3S.2C18H19ClN2O3S.2C18H19FN2O3S/c19-15-8-5-9-16(17(15)20)21-18(23)13-6-4-7-14(12-13)26(24,25)22-10-2-1-3-11-22;19-15-7-5-8-16(13-15)20-18(22)14-6-4-9-17(12-14)25(23,24)21-10-2-1-3-11-21;19-15-7-9-16(10-8-15)20-18(22)14-5-4-6-17(13-14)25(23,24)21-11-2-1-3-12-21;19-16-9-2-3-10-17(16)20-18(22)14-7-6-8-15(13-14)25(23,24)21-11-4-1-5-12-21;19-15-7-5-8-16(13-15)20-18(22)14-6-4-9-17(12-14)25(23,24)21-10-2-1-3-11-21/h4-9,12H,1-3,10-11H2,(H,21,23);4-9,12-13H,1-3,10-11H2,(H,20,22);4-10,13H,1-3,11-12H2,(H,20,22);2-3,6-10,13H,1,4-5,11-12H2,(H,20,22);4-9,12-13H,1-3,10-11H2,(H,20,22). The zero-order valence-electron chi connectivity index (χ0n) is 68.4. The van der Waals surface area contributed by atoms with Crippen LogP contribution in [0.5, 0.6) is 0 Å². The topological polar surface area (TPSA) is 332 Å². The zero-order valence-corrected chi connectivity index (χ0v) is 74.7. The predicted octanol–water partition coefficient (Wildman–Crippen LogP) is 17.9. The highest BCUT2D eigenvalue weighted by atomic mass is 35.5. The van der Waals surface area contributed by atoms with E-state index in [0.29, 0.717) is 98.1 Å². The molecule has 126 heavy (non-hydrogen) atoms. The van der Waals surface area contributed by atoms with Crippen molar-refractivity contribution in [1.29, 1.82) is 0 Å². The van der Waals surface area contributed by atoms with Crippen molar-refractivity contribution in [3.63, 3.8) is 0 Å². The molecule has 0 unspecified atom stereocenters. The number of para-hydroxylation sites is 1. The molecular weight excluding hydrogens is 1780 g/mol. The van der Waals surface area contributed by atoms with E-state index in [2.05, 4.69) is 26.6 Å². The highest BCUT2D eigenvalue weighted by Gasteiger charge is 2.33. The summed E-state index contributed by atoms with van der Waals surface area (Å²) in [5.41, 5.74) is 2.55. The summed E-state index contributed by atoms with van der Waals surface area (Å²) in [6.45, 7) is 5.07. The Labute approximate surface area is 747 Å². The van der Waals surface area contributed by atoms with Gasteiger partial charge in [0.15, 0.2) is 5.82 Å². The second kappa shape index (κ2) is 45.0. The Morgan fingerprint density at radius 1 is 0.254 bits per heavy atom. The molecule has 5 saturated heterocycles. The normalized spacial score (nSPS) is 15.7. The van der Waals surface area contributed by atoms with Crippen LogP contribution >= 0.6 is 34.8 Å². The molecule has 5 heterocycles. The van der Waals surface area contributed by atoms with Crippen LogP contribution in [0.25, 0.3) is 0 Å². The lowest BCUT2D eigenvalue weighted by Gasteiger charge is -2.26. The van der Waals surface area contributed by atoms with E-state index in [1.165, 1.54) is 173 Å². The van der Waals surface area contributed by atoms with Gasteiger partial charge in [0.2, 0.25) is 50.1 Å². The number of piperidine rings is 5. The van der Waals surface area contributed by atoms with Crippen LogP contribution in [0.2, 0.25) is 15.1 Å². The van der Waals surface area contributed by atoms with E-state index in [0.717, 1.165) is 96.3 Å². The lowest BCUT2D eigenvalue weighted by atomic mass is 10.2. The molecule has 0 aromatic heterocycles. The van der Waals surface area contributed by atoms with Crippen LogP contribution in [0.4, 0.5) is 41.6 Å². The van der Waals surface area contributed by atoms with Crippen molar-refractivity contribution in [2.75, 3.05) is 92.0 Å². The maximum absolute atomic E-state index is 13.9. The van der Waals surface area contributed by atoms with Gasteiger partial charge in [0.1, 0.15) is 11.6 Å². The van der Waals surface area contributed by atoms with Crippen molar-refractivity contribution in [2.45, 2.75) is 121 Å². The predicted molar refractivity (Wildman–Crippen MR) is 482 cm³/mol. The fourth-order valence-corrected chi connectivity index (χ4v) is 22.4. The average molecular weight is 1880 g/mol. The van der Waals surface area contributed by atoms with E-state index in [-0.39, 0.29) is 74.9 Å². The molecule has 5 N–H and O–H groups in total. The Bertz CT molecular complexity index is 6000. The first-order chi connectivity index (χ1) is 60.3. The van der Waals surface area contributed by atoms with Gasteiger partial charge in [-0.05, 0) is 240 Å². The second-order valence-corrected chi connectivity index (χ2v) is 40.8. The number of anilines is 5. The van der Waals surface area contributed by atoms with Crippen molar-refractivity contribution in [2.24, 2.45) is 0 Å². The number of hydrogen-bond acceptors (Lipinski definition) is 15. The zero-order chi connectivity index (χ0) is 90.2. The van der Waals surface area contributed by atoms with Crippen molar-refractivity contribution in [1.82, 2.24) is 21.5 Å². The summed E-state index contributed by atoms with van der Waals surface area (Å²) in [4.78, 5) is 62.4. The minimum atomic E-state index is -3.65. The van der Waals surface area contributed by atoms with Crippen molar-refractivity contribution in [3.8, 4) is 0 Å². The van der Waals surface area contributed by atoms with E-state index < -0.39 is 85.3 Å². The van der Waals surface area contributed by atoms with Gasteiger partial charge in [-0.25, -0.2) is 55.3 Å². The number of carbonyl (C=O) groups excluding carboxylic acids is 5. The maximum Gasteiger partial charge on any atom is 0.255 e. The summed E-state index contributed by atoms with van der Waals surface area (Å²) in [5.74, 6) is -4.13. The van der Waals surface area contributed by atoms with Crippen LogP contribution in [0.15, 0.2) is 261 Å². The molecule has 5 amide bonds. The van der Waals surface area contributed by atoms with Crippen LogP contribution in [-0.4, -0.2) is 159 Å². The molecule has 666 valence electrons. The molecule has 5 aliphatic rings. The first kappa shape index (κ1) is 96.4. The molecule has 10 aromatic carbocycles. The largest absolute Gasteiger partial charge is 0.322 e. The molecule has 10 aromatic rings. The fourth-order valence-electron chi connectivity index (χ4n) is 14.1. The number of hydrogen-bond donors (Lipinski definition) is 5. The number of nitrogens with one attached hydrogen (secondary N) is 5.